The molecule has 3 amide bonds. The number of urea groups is 1. The Morgan fingerprint density at radius 3 is 2.75 bits per heavy atom. The van der Waals surface area contributed by atoms with Crippen LogP contribution in [0.15, 0.2) is 18.2 Å². The maximum atomic E-state index is 13.9. The maximum Gasteiger partial charge on any atom is 0.319 e. The minimum absolute atomic E-state index is 0.0408. The van der Waals surface area contributed by atoms with Gasteiger partial charge in [0.2, 0.25) is 5.88 Å². The number of hydrogen-bond acceptors (Lipinski definition) is 6. The van der Waals surface area contributed by atoms with E-state index in [1.807, 2.05) is 19.0 Å². The Bertz CT molecular complexity index is 841. The fourth-order valence-corrected chi connectivity index (χ4v) is 3.07. The lowest BCUT2D eigenvalue weighted by Gasteiger charge is -2.10. The molecule has 8 nitrogen and oxygen atoms in total. The second-order valence-corrected chi connectivity index (χ2v) is 7.25. The number of nitrogens with two attached hydrogens (primary N) is 1. The van der Waals surface area contributed by atoms with Crippen molar-refractivity contribution in [1.29, 1.82) is 0 Å². The van der Waals surface area contributed by atoms with Crippen molar-refractivity contribution >= 4 is 28.5 Å². The number of ether oxygens (including phenoxy) is 1. The number of nitrogens with one attached hydrogen (secondary N) is 2. The van der Waals surface area contributed by atoms with Crippen molar-refractivity contribution in [2.24, 2.45) is 5.73 Å². The number of nitrogens with zero attached hydrogens (tertiary/aromatic N) is 2. The summed E-state index contributed by atoms with van der Waals surface area (Å²) in [6.07, 6.45) is 0.780. The average molecular weight is 409 g/mol. The lowest BCUT2D eigenvalue weighted by atomic mass is 10.1. The Balaban J connectivity index is 2.00. The van der Waals surface area contributed by atoms with Gasteiger partial charge in [0.1, 0.15) is 23.0 Å². The number of halogens is 1. The lowest BCUT2D eigenvalue weighted by Crippen LogP contribution is -2.31. The van der Waals surface area contributed by atoms with Gasteiger partial charge in [0, 0.05) is 12.1 Å². The first-order valence-corrected chi connectivity index (χ1v) is 9.42. The van der Waals surface area contributed by atoms with Gasteiger partial charge >= 0.3 is 6.03 Å². The zero-order valence-electron chi connectivity index (χ0n) is 16.0. The Kier molecular flexibility index (Phi) is 7.70. The number of carbonyl (C=O) groups is 2. The summed E-state index contributed by atoms with van der Waals surface area (Å²) in [6.45, 7) is 2.97. The molecule has 1 heterocycles. The van der Waals surface area contributed by atoms with Crippen LogP contribution in [0.5, 0.6) is 5.88 Å². The second-order valence-electron chi connectivity index (χ2n) is 6.48. The molecule has 1 aromatic carbocycles. The molecule has 0 bridgehead atoms. The van der Waals surface area contributed by atoms with Crippen LogP contribution in [0.3, 0.4) is 0 Å². The normalized spacial score (nSPS) is 10.8. The van der Waals surface area contributed by atoms with Gasteiger partial charge in [0.15, 0.2) is 0 Å². The molecule has 1 aromatic heterocycles. The van der Waals surface area contributed by atoms with Crippen LogP contribution in [0.1, 0.15) is 27.9 Å². The van der Waals surface area contributed by atoms with Crippen molar-refractivity contribution in [3.63, 3.8) is 0 Å². The number of benzene rings is 1. The monoisotopic (exact) mass is 409 g/mol. The molecule has 152 valence electrons. The van der Waals surface area contributed by atoms with Gasteiger partial charge in [-0.2, -0.15) is 4.37 Å². The Morgan fingerprint density at radius 2 is 2.11 bits per heavy atom. The van der Waals surface area contributed by atoms with Gasteiger partial charge in [0.25, 0.3) is 5.91 Å². The molecule has 0 fully saturated rings. The zero-order chi connectivity index (χ0) is 20.7. The summed E-state index contributed by atoms with van der Waals surface area (Å²) in [5.41, 5.74) is 6.47. The first kappa shape index (κ1) is 21.6. The highest BCUT2D eigenvalue weighted by molar-refractivity contribution is 7.11. The predicted octanol–water partition coefficient (Wildman–Crippen LogP) is 2.34. The van der Waals surface area contributed by atoms with Crippen LogP contribution in [-0.2, 0) is 6.61 Å². The van der Waals surface area contributed by atoms with E-state index in [4.69, 9.17) is 10.5 Å². The number of rotatable bonds is 9. The van der Waals surface area contributed by atoms with Gasteiger partial charge in [-0.3, -0.25) is 10.1 Å². The van der Waals surface area contributed by atoms with Gasteiger partial charge in [-0.25, -0.2) is 9.18 Å². The third-order valence-electron chi connectivity index (χ3n) is 3.77. The molecule has 28 heavy (non-hydrogen) atoms. The average Bonchev–Trinajstić information content (AvgIpc) is 3.00. The minimum atomic E-state index is -0.795. The van der Waals surface area contributed by atoms with Gasteiger partial charge in [-0.1, -0.05) is 12.1 Å². The van der Waals surface area contributed by atoms with E-state index >= 15 is 0 Å². The summed E-state index contributed by atoms with van der Waals surface area (Å²) in [4.78, 5) is 25.8. The fourth-order valence-electron chi connectivity index (χ4n) is 2.34. The predicted molar refractivity (Wildman–Crippen MR) is 106 cm³/mol. The molecular formula is C18H24FN5O3S. The van der Waals surface area contributed by atoms with Crippen LogP contribution >= 0.6 is 11.5 Å². The summed E-state index contributed by atoms with van der Waals surface area (Å²) in [5.74, 6) is -1.25. The van der Waals surface area contributed by atoms with E-state index in [2.05, 4.69) is 15.0 Å². The van der Waals surface area contributed by atoms with Crippen molar-refractivity contribution in [2.45, 2.75) is 20.0 Å². The van der Waals surface area contributed by atoms with Crippen LogP contribution < -0.4 is 21.1 Å². The standard InChI is InChI=1S/C18H24FN5O3S/c1-11-5-6-12(13(19)9-11)10-27-16-14(15(20)25)17(28-23-16)22-18(26)21-7-4-8-24(2)3/h5-6,9H,4,7-8,10H2,1-3H3,(H2,20,25)(H2,21,22,26). The first-order valence-electron chi connectivity index (χ1n) is 8.64. The Labute approximate surface area is 167 Å². The van der Waals surface area contributed by atoms with Crippen molar-refractivity contribution in [2.75, 3.05) is 32.5 Å². The number of primary amides is 1. The van der Waals surface area contributed by atoms with Crippen LogP contribution in [0.25, 0.3) is 0 Å². The molecular weight excluding hydrogens is 385 g/mol. The van der Waals surface area contributed by atoms with Gasteiger partial charge in [-0.05, 0) is 57.1 Å². The third-order valence-corrected chi connectivity index (χ3v) is 4.52. The SMILES string of the molecule is Cc1ccc(COc2nsc(NC(=O)NCCCN(C)C)c2C(N)=O)c(F)c1. The number of anilines is 1. The molecule has 0 aliphatic rings. The van der Waals surface area contributed by atoms with Crippen molar-refractivity contribution in [1.82, 2.24) is 14.6 Å². The maximum absolute atomic E-state index is 13.9. The highest BCUT2D eigenvalue weighted by Gasteiger charge is 2.22. The Hall–Kier alpha value is -2.72. The molecule has 0 unspecified atom stereocenters. The minimum Gasteiger partial charge on any atom is -0.471 e. The lowest BCUT2D eigenvalue weighted by molar-refractivity contribution is 0.0996. The highest BCUT2D eigenvalue weighted by atomic mass is 32.1. The molecule has 0 atom stereocenters. The third kappa shape index (κ3) is 6.17. The molecule has 0 spiro atoms. The van der Waals surface area contributed by atoms with E-state index in [-0.39, 0.29) is 23.1 Å². The van der Waals surface area contributed by atoms with Crippen LogP contribution in [-0.4, -0.2) is 48.4 Å². The van der Waals surface area contributed by atoms with E-state index < -0.39 is 17.8 Å². The molecule has 0 aliphatic carbocycles. The fraction of sp³-hybridized carbons (Fsp3) is 0.389. The summed E-state index contributed by atoms with van der Waals surface area (Å²) >= 11 is 0.869. The summed E-state index contributed by atoms with van der Waals surface area (Å²) in [5, 5.41) is 5.42. The van der Waals surface area contributed by atoms with Gasteiger partial charge in [0.05, 0.1) is 0 Å². The van der Waals surface area contributed by atoms with Crippen LogP contribution in [0.2, 0.25) is 0 Å². The zero-order valence-corrected chi connectivity index (χ0v) is 16.9. The van der Waals surface area contributed by atoms with Crippen molar-refractivity contribution in [3.8, 4) is 5.88 Å². The number of hydrogen-bond donors (Lipinski definition) is 3. The largest absolute Gasteiger partial charge is 0.471 e. The molecule has 2 rings (SSSR count). The number of amides is 3. The Morgan fingerprint density at radius 1 is 1.36 bits per heavy atom. The molecule has 2 aromatic rings. The van der Waals surface area contributed by atoms with Gasteiger partial charge in [-0.15, -0.1) is 0 Å². The molecule has 0 radical (unpaired) electrons. The van der Waals surface area contributed by atoms with Crippen LogP contribution in [0, 0.1) is 12.7 Å². The second kappa shape index (κ2) is 10.00. The molecule has 10 heteroatoms. The number of aromatic nitrogens is 1. The summed E-state index contributed by atoms with van der Waals surface area (Å²) in [6, 6.07) is 4.27. The quantitative estimate of drug-likeness (QED) is 0.551. The van der Waals surface area contributed by atoms with E-state index in [1.54, 1.807) is 19.1 Å². The molecule has 0 aliphatic heterocycles. The molecule has 0 saturated carbocycles. The van der Waals surface area contributed by atoms with E-state index in [0.717, 1.165) is 30.1 Å². The number of carbonyl (C=O) groups excluding carboxylic acids is 2. The summed E-state index contributed by atoms with van der Waals surface area (Å²) in [7, 11) is 3.89. The van der Waals surface area contributed by atoms with E-state index in [9.17, 15) is 14.0 Å². The molecule has 4 N–H and O–H groups in total. The van der Waals surface area contributed by atoms with Crippen molar-refractivity contribution < 1.29 is 18.7 Å². The highest BCUT2D eigenvalue weighted by Crippen LogP contribution is 2.30. The number of aryl methyl sites for hydroxylation is 1. The van der Waals surface area contributed by atoms with E-state index in [0.29, 0.717) is 12.1 Å². The van der Waals surface area contributed by atoms with E-state index in [1.165, 1.54) is 6.07 Å². The first-order chi connectivity index (χ1) is 13.3. The van der Waals surface area contributed by atoms with Crippen LogP contribution in [0.4, 0.5) is 14.2 Å². The molecule has 0 saturated heterocycles. The summed E-state index contributed by atoms with van der Waals surface area (Å²) < 4.78 is 23.4. The van der Waals surface area contributed by atoms with Crippen molar-refractivity contribution in [3.05, 3.63) is 40.7 Å². The topological polar surface area (TPSA) is 110 Å². The smallest absolute Gasteiger partial charge is 0.319 e. The van der Waals surface area contributed by atoms with Gasteiger partial charge < -0.3 is 20.7 Å².